The molecule has 1 aliphatic carbocycles. The van der Waals surface area contributed by atoms with Gasteiger partial charge < -0.3 is 0 Å². The Morgan fingerprint density at radius 1 is 0.727 bits per heavy atom. The molecule has 8 heteroatoms. The van der Waals surface area contributed by atoms with E-state index < -0.39 is 23.9 Å². The molecule has 3 unspecified atom stereocenters. The molecule has 0 amide bonds. The van der Waals surface area contributed by atoms with Crippen molar-refractivity contribution in [1.29, 1.82) is 0 Å². The monoisotopic (exact) mass is 468 g/mol. The van der Waals surface area contributed by atoms with E-state index in [0.29, 0.717) is 18.8 Å². The third-order valence-electron chi connectivity index (χ3n) is 5.85. The second-order valence-electron chi connectivity index (χ2n) is 8.81. The average molecular weight is 469 g/mol. The lowest BCUT2D eigenvalue weighted by Gasteiger charge is -2.30. The summed E-state index contributed by atoms with van der Waals surface area (Å²) in [4.78, 5) is 63.3. The van der Waals surface area contributed by atoms with E-state index in [9.17, 15) is 19.2 Å². The van der Waals surface area contributed by atoms with Crippen LogP contribution in [0.15, 0.2) is 12.2 Å². The van der Waals surface area contributed by atoms with E-state index >= 15 is 0 Å². The predicted molar refractivity (Wildman–Crippen MR) is 121 cm³/mol. The highest BCUT2D eigenvalue weighted by atomic mass is 17.2. The topological polar surface area (TPSA) is 105 Å². The minimum absolute atomic E-state index is 0.118. The van der Waals surface area contributed by atoms with Crippen molar-refractivity contribution < 1.29 is 38.7 Å². The Morgan fingerprint density at radius 3 is 2.03 bits per heavy atom. The lowest BCUT2D eigenvalue weighted by Crippen LogP contribution is -2.30. The Bertz CT molecular complexity index is 642. The molecule has 8 nitrogen and oxygen atoms in total. The van der Waals surface area contributed by atoms with Crippen LogP contribution in [0.1, 0.15) is 104 Å². The molecule has 0 N–H and O–H groups in total. The van der Waals surface area contributed by atoms with Gasteiger partial charge in [0.1, 0.15) is 0 Å². The first-order chi connectivity index (χ1) is 15.8. The summed E-state index contributed by atoms with van der Waals surface area (Å²) in [5, 5.41) is 0. The van der Waals surface area contributed by atoms with Gasteiger partial charge in [-0.05, 0) is 37.5 Å². The van der Waals surface area contributed by atoms with Gasteiger partial charge in [0, 0.05) is 13.8 Å². The molecular weight excluding hydrogens is 428 g/mol. The summed E-state index contributed by atoms with van der Waals surface area (Å²) in [5.74, 6) is -2.15. The molecule has 0 aromatic rings. The van der Waals surface area contributed by atoms with Crippen molar-refractivity contribution in [1.82, 2.24) is 0 Å². The maximum absolute atomic E-state index is 12.5. The zero-order valence-corrected chi connectivity index (χ0v) is 20.3. The fourth-order valence-corrected chi connectivity index (χ4v) is 4.12. The second kappa shape index (κ2) is 17.1. The van der Waals surface area contributed by atoms with Crippen molar-refractivity contribution in [2.75, 3.05) is 0 Å². The highest BCUT2D eigenvalue weighted by molar-refractivity contribution is 5.74. The zero-order chi connectivity index (χ0) is 24.5. The molecule has 0 aliphatic heterocycles. The van der Waals surface area contributed by atoms with Crippen molar-refractivity contribution in [2.24, 2.45) is 17.8 Å². The van der Waals surface area contributed by atoms with Crippen LogP contribution in [0.5, 0.6) is 0 Å². The quantitative estimate of drug-likeness (QED) is 0.142. The molecule has 33 heavy (non-hydrogen) atoms. The highest BCUT2D eigenvalue weighted by Crippen LogP contribution is 2.35. The maximum Gasteiger partial charge on any atom is 0.359 e. The molecule has 188 valence electrons. The molecule has 0 fully saturated rings. The molecule has 0 aromatic carbocycles. The van der Waals surface area contributed by atoms with Crippen molar-refractivity contribution in [3.63, 3.8) is 0 Å². The van der Waals surface area contributed by atoms with Crippen LogP contribution in [0, 0.1) is 17.8 Å². The molecule has 0 saturated carbocycles. The van der Waals surface area contributed by atoms with Crippen LogP contribution in [0.2, 0.25) is 0 Å². The summed E-state index contributed by atoms with van der Waals surface area (Å²) in [5.41, 5.74) is 0. The summed E-state index contributed by atoms with van der Waals surface area (Å²) in [6.07, 6.45) is 16.4. The first kappa shape index (κ1) is 28.7. The van der Waals surface area contributed by atoms with Gasteiger partial charge in [0.25, 0.3) is 0 Å². The summed E-state index contributed by atoms with van der Waals surface area (Å²) in [7, 11) is 0. The molecule has 1 rings (SSSR count). The number of hydrogen-bond acceptors (Lipinski definition) is 8. The van der Waals surface area contributed by atoms with Gasteiger partial charge in [-0.2, -0.15) is 0 Å². The molecular formula is C25H40O8. The van der Waals surface area contributed by atoms with Gasteiger partial charge in [-0.25, -0.2) is 38.7 Å². The van der Waals surface area contributed by atoms with Crippen molar-refractivity contribution >= 4 is 23.9 Å². The minimum Gasteiger partial charge on any atom is -0.248 e. The first-order valence-electron chi connectivity index (χ1n) is 12.3. The van der Waals surface area contributed by atoms with Gasteiger partial charge in [0.2, 0.25) is 0 Å². The fraction of sp³-hybridized carbons (Fsp3) is 0.760. The number of allylic oxidation sites excluding steroid dienone is 2. The summed E-state index contributed by atoms with van der Waals surface area (Å²) >= 11 is 0. The third kappa shape index (κ3) is 13.7. The van der Waals surface area contributed by atoms with Gasteiger partial charge >= 0.3 is 23.9 Å². The summed E-state index contributed by atoms with van der Waals surface area (Å²) < 4.78 is 0. The third-order valence-corrected chi connectivity index (χ3v) is 5.85. The van der Waals surface area contributed by atoms with E-state index in [0.717, 1.165) is 51.4 Å². The molecule has 0 spiro atoms. The number of unbranched alkanes of at least 4 members (excludes halogenated alkanes) is 7. The lowest BCUT2D eigenvalue weighted by atomic mass is 9.75. The van der Waals surface area contributed by atoms with E-state index in [4.69, 9.17) is 4.89 Å². The van der Waals surface area contributed by atoms with E-state index in [-0.39, 0.29) is 18.3 Å². The molecule has 1 aliphatic rings. The Kier molecular flexibility index (Phi) is 14.9. The van der Waals surface area contributed by atoms with Crippen LogP contribution in [-0.4, -0.2) is 23.9 Å². The molecule has 0 bridgehead atoms. The normalized spacial score (nSPS) is 19.5. The molecule has 0 saturated heterocycles. The van der Waals surface area contributed by atoms with Crippen molar-refractivity contribution in [3.8, 4) is 0 Å². The molecule has 0 heterocycles. The molecule has 0 aromatic heterocycles. The van der Waals surface area contributed by atoms with E-state index in [2.05, 4.69) is 33.7 Å². The standard InChI is InChI=1S/C25H40O8/c1-4-5-6-11-14-22-17-16-21(18-23(22)25(29)33-31-20(3)27)13-10-8-7-9-12-15-24(28)32-30-19(2)26/h16-17,21-23H,4-15,18H2,1-3H3. The Hall–Kier alpha value is -2.38. The van der Waals surface area contributed by atoms with Crippen LogP contribution in [0.4, 0.5) is 0 Å². The number of carbonyl (C=O) groups excluding carboxylic acids is 4. The van der Waals surface area contributed by atoms with Crippen LogP contribution >= 0.6 is 0 Å². The zero-order valence-electron chi connectivity index (χ0n) is 20.3. The Labute approximate surface area is 197 Å². The summed E-state index contributed by atoms with van der Waals surface area (Å²) in [6.45, 7) is 4.56. The van der Waals surface area contributed by atoms with Gasteiger partial charge in [-0.3, -0.25) is 0 Å². The second-order valence-corrected chi connectivity index (χ2v) is 8.81. The fourth-order valence-electron chi connectivity index (χ4n) is 4.12. The van der Waals surface area contributed by atoms with Crippen molar-refractivity contribution in [2.45, 2.75) is 104 Å². The Balaban J connectivity index is 2.35. The van der Waals surface area contributed by atoms with Crippen LogP contribution in [0.3, 0.4) is 0 Å². The van der Waals surface area contributed by atoms with Gasteiger partial charge in [-0.15, -0.1) is 0 Å². The number of carbonyl (C=O) groups is 4. The smallest absolute Gasteiger partial charge is 0.248 e. The van der Waals surface area contributed by atoms with Crippen LogP contribution < -0.4 is 0 Å². The highest BCUT2D eigenvalue weighted by Gasteiger charge is 2.34. The van der Waals surface area contributed by atoms with Gasteiger partial charge in [0.15, 0.2) is 0 Å². The SMILES string of the molecule is CCCCCCC1C=CC(CCCCCCCC(=O)OOC(C)=O)CC1C(=O)OOC(C)=O. The van der Waals surface area contributed by atoms with Crippen molar-refractivity contribution in [3.05, 3.63) is 12.2 Å². The van der Waals surface area contributed by atoms with Crippen LogP contribution in [0.25, 0.3) is 0 Å². The number of hydrogen-bond donors (Lipinski definition) is 0. The van der Waals surface area contributed by atoms with Gasteiger partial charge in [-0.1, -0.05) is 70.4 Å². The maximum atomic E-state index is 12.5. The van der Waals surface area contributed by atoms with E-state index in [1.54, 1.807) is 0 Å². The first-order valence-corrected chi connectivity index (χ1v) is 12.3. The largest absolute Gasteiger partial charge is 0.359 e. The van der Waals surface area contributed by atoms with Gasteiger partial charge in [0.05, 0.1) is 12.3 Å². The Morgan fingerprint density at radius 2 is 1.33 bits per heavy atom. The van der Waals surface area contributed by atoms with E-state index in [1.165, 1.54) is 26.7 Å². The lowest BCUT2D eigenvalue weighted by molar-refractivity contribution is -0.261. The van der Waals surface area contributed by atoms with Crippen LogP contribution in [-0.2, 0) is 38.7 Å². The summed E-state index contributed by atoms with van der Waals surface area (Å²) in [6, 6.07) is 0. The number of rotatable bonds is 14. The molecule has 3 atom stereocenters. The predicted octanol–water partition coefficient (Wildman–Crippen LogP) is 5.54. The minimum atomic E-state index is -0.648. The van der Waals surface area contributed by atoms with E-state index in [1.807, 2.05) is 0 Å². The average Bonchev–Trinajstić information content (AvgIpc) is 2.78. The molecule has 0 radical (unpaired) electrons.